The van der Waals surface area contributed by atoms with E-state index in [1.807, 2.05) is 12.1 Å². The van der Waals surface area contributed by atoms with Crippen molar-refractivity contribution in [3.05, 3.63) is 30.1 Å². The molecule has 1 aliphatic carbocycles. The minimum absolute atomic E-state index is 0.135. The van der Waals surface area contributed by atoms with Crippen LogP contribution in [0.25, 0.3) is 0 Å². The van der Waals surface area contributed by atoms with Gasteiger partial charge in [-0.25, -0.2) is 8.78 Å². The highest BCUT2D eigenvalue weighted by atomic mass is 19.1. The van der Waals surface area contributed by atoms with Crippen LogP contribution >= 0.6 is 0 Å². The first-order valence-electron chi connectivity index (χ1n) is 10.2. The fourth-order valence-corrected chi connectivity index (χ4v) is 4.20. The van der Waals surface area contributed by atoms with Crippen molar-refractivity contribution in [3.63, 3.8) is 0 Å². The van der Waals surface area contributed by atoms with E-state index < -0.39 is 12.1 Å². The molecule has 1 aromatic carbocycles. The molecule has 1 aliphatic heterocycles. The first-order valence-corrected chi connectivity index (χ1v) is 10.2. The van der Waals surface area contributed by atoms with Crippen molar-refractivity contribution < 1.29 is 13.6 Å². The van der Waals surface area contributed by atoms with E-state index in [0.717, 1.165) is 58.4 Å². The normalized spacial score (nSPS) is 25.2. The van der Waals surface area contributed by atoms with Crippen LogP contribution < -0.4 is 10.2 Å². The number of alkyl halides is 1. The van der Waals surface area contributed by atoms with Gasteiger partial charge in [-0.3, -0.25) is 9.69 Å². The number of piperazine rings is 1. The first-order chi connectivity index (χ1) is 13.0. The molecule has 0 aromatic heterocycles. The summed E-state index contributed by atoms with van der Waals surface area (Å²) < 4.78 is 26.9. The van der Waals surface area contributed by atoms with Crippen LogP contribution in [-0.4, -0.2) is 55.7 Å². The van der Waals surface area contributed by atoms with Gasteiger partial charge in [-0.05, 0) is 63.6 Å². The molecule has 0 radical (unpaired) electrons. The number of rotatable bonds is 6. The molecule has 1 unspecified atom stereocenters. The van der Waals surface area contributed by atoms with Crippen molar-refractivity contribution in [1.82, 2.24) is 10.2 Å². The van der Waals surface area contributed by atoms with Crippen molar-refractivity contribution in [2.45, 2.75) is 51.2 Å². The standard InChI is InChI=1S/C21H31F2N3O/c1-16(22)21(27)24-18-8-6-17(7-9-18)10-11-25-12-14-26(15-13-25)20-5-3-2-4-19(20)23/h2-5,16-18H,6-15H2,1H3,(H,24,27). The van der Waals surface area contributed by atoms with Gasteiger partial charge in [-0.15, -0.1) is 0 Å². The van der Waals surface area contributed by atoms with Crippen LogP contribution in [0.3, 0.4) is 0 Å². The summed E-state index contributed by atoms with van der Waals surface area (Å²) >= 11 is 0. The van der Waals surface area contributed by atoms with Gasteiger partial charge in [0.05, 0.1) is 5.69 Å². The van der Waals surface area contributed by atoms with Gasteiger partial charge in [0.25, 0.3) is 5.91 Å². The van der Waals surface area contributed by atoms with E-state index in [0.29, 0.717) is 11.6 Å². The molecule has 27 heavy (non-hydrogen) atoms. The molecule has 1 heterocycles. The van der Waals surface area contributed by atoms with E-state index in [-0.39, 0.29) is 11.9 Å². The second kappa shape index (κ2) is 9.49. The zero-order chi connectivity index (χ0) is 19.2. The fraction of sp³-hybridized carbons (Fsp3) is 0.667. The Morgan fingerprint density at radius 3 is 2.44 bits per heavy atom. The number of para-hydroxylation sites is 1. The smallest absolute Gasteiger partial charge is 0.254 e. The minimum atomic E-state index is -1.43. The van der Waals surface area contributed by atoms with E-state index in [4.69, 9.17) is 0 Å². The topological polar surface area (TPSA) is 35.6 Å². The third-order valence-corrected chi connectivity index (χ3v) is 5.97. The zero-order valence-electron chi connectivity index (χ0n) is 16.2. The summed E-state index contributed by atoms with van der Waals surface area (Å²) in [5.41, 5.74) is 0.708. The van der Waals surface area contributed by atoms with Crippen LogP contribution in [-0.2, 0) is 4.79 Å². The third-order valence-electron chi connectivity index (χ3n) is 5.97. The number of nitrogens with zero attached hydrogens (tertiary/aromatic N) is 2. The van der Waals surface area contributed by atoms with Gasteiger partial charge in [0.2, 0.25) is 0 Å². The molecule has 6 heteroatoms. The number of carbonyl (C=O) groups excluding carboxylic acids is 1. The van der Waals surface area contributed by atoms with E-state index in [2.05, 4.69) is 15.1 Å². The maximum absolute atomic E-state index is 13.9. The highest BCUT2D eigenvalue weighted by molar-refractivity contribution is 5.80. The maximum Gasteiger partial charge on any atom is 0.254 e. The molecule has 150 valence electrons. The summed E-state index contributed by atoms with van der Waals surface area (Å²) in [5, 5.41) is 2.81. The van der Waals surface area contributed by atoms with Crippen LogP contribution in [0, 0.1) is 11.7 Å². The number of hydrogen-bond donors (Lipinski definition) is 1. The van der Waals surface area contributed by atoms with Crippen molar-refractivity contribution >= 4 is 11.6 Å². The number of carbonyl (C=O) groups is 1. The molecule has 1 aromatic rings. The van der Waals surface area contributed by atoms with Crippen molar-refractivity contribution in [3.8, 4) is 0 Å². The molecule has 2 aliphatic rings. The Balaban J connectivity index is 1.34. The van der Waals surface area contributed by atoms with Gasteiger partial charge in [-0.2, -0.15) is 0 Å². The molecule has 2 fully saturated rings. The summed E-state index contributed by atoms with van der Waals surface area (Å²) in [5.74, 6) is 0.0636. The first kappa shape index (κ1) is 20.1. The Hall–Kier alpha value is -1.69. The minimum Gasteiger partial charge on any atom is -0.367 e. The lowest BCUT2D eigenvalue weighted by molar-refractivity contribution is -0.126. The summed E-state index contributed by atoms with van der Waals surface area (Å²) in [6.07, 6.45) is 3.83. The van der Waals surface area contributed by atoms with Crippen molar-refractivity contribution in [2.24, 2.45) is 5.92 Å². The quantitative estimate of drug-likeness (QED) is 0.823. The molecule has 1 atom stereocenters. The van der Waals surface area contributed by atoms with E-state index in [1.54, 1.807) is 6.07 Å². The number of nitrogens with one attached hydrogen (secondary N) is 1. The largest absolute Gasteiger partial charge is 0.367 e. The number of anilines is 1. The van der Waals surface area contributed by atoms with Gasteiger partial charge in [0, 0.05) is 32.2 Å². The van der Waals surface area contributed by atoms with Gasteiger partial charge < -0.3 is 10.2 Å². The summed E-state index contributed by atoms with van der Waals surface area (Å²) in [7, 11) is 0. The van der Waals surface area contributed by atoms with Crippen LogP contribution in [0.2, 0.25) is 0 Å². The van der Waals surface area contributed by atoms with Crippen LogP contribution in [0.4, 0.5) is 14.5 Å². The fourth-order valence-electron chi connectivity index (χ4n) is 4.20. The zero-order valence-corrected chi connectivity index (χ0v) is 16.2. The molecule has 0 spiro atoms. The lowest BCUT2D eigenvalue weighted by Crippen LogP contribution is -2.47. The van der Waals surface area contributed by atoms with Crippen LogP contribution in [0.1, 0.15) is 39.0 Å². The average molecular weight is 379 g/mol. The van der Waals surface area contributed by atoms with E-state index >= 15 is 0 Å². The molecule has 1 N–H and O–H groups in total. The lowest BCUT2D eigenvalue weighted by Gasteiger charge is -2.37. The molecule has 0 bridgehead atoms. The lowest BCUT2D eigenvalue weighted by atomic mass is 9.84. The number of amides is 1. The maximum atomic E-state index is 13.9. The Morgan fingerprint density at radius 2 is 1.81 bits per heavy atom. The molecule has 1 amide bonds. The predicted molar refractivity (Wildman–Crippen MR) is 104 cm³/mol. The van der Waals surface area contributed by atoms with Gasteiger partial charge >= 0.3 is 0 Å². The van der Waals surface area contributed by atoms with Gasteiger partial charge in [-0.1, -0.05) is 12.1 Å². The summed E-state index contributed by atoms with van der Waals surface area (Å²) in [6, 6.07) is 7.13. The van der Waals surface area contributed by atoms with Crippen LogP contribution in [0.15, 0.2) is 24.3 Å². The monoisotopic (exact) mass is 379 g/mol. The Labute approximate surface area is 160 Å². The van der Waals surface area contributed by atoms with E-state index in [1.165, 1.54) is 19.4 Å². The number of benzene rings is 1. The highest BCUT2D eigenvalue weighted by Gasteiger charge is 2.25. The molecule has 3 rings (SSSR count). The Bertz CT molecular complexity index is 609. The van der Waals surface area contributed by atoms with Crippen molar-refractivity contribution in [1.29, 1.82) is 0 Å². The summed E-state index contributed by atoms with van der Waals surface area (Å²) in [4.78, 5) is 16.1. The highest BCUT2D eigenvalue weighted by Crippen LogP contribution is 2.27. The molecular formula is C21H31F2N3O. The second-order valence-electron chi connectivity index (χ2n) is 7.91. The average Bonchev–Trinajstić information content (AvgIpc) is 2.68. The third kappa shape index (κ3) is 5.64. The molecular weight excluding hydrogens is 348 g/mol. The molecule has 4 nitrogen and oxygen atoms in total. The SMILES string of the molecule is CC(F)C(=O)NC1CCC(CCN2CCN(c3ccccc3F)CC2)CC1. The predicted octanol–water partition coefficient (Wildman–Crippen LogP) is 3.37. The number of hydrogen-bond acceptors (Lipinski definition) is 3. The number of halogens is 2. The molecule has 1 saturated carbocycles. The van der Waals surface area contributed by atoms with Gasteiger partial charge in [0.15, 0.2) is 6.17 Å². The second-order valence-corrected chi connectivity index (χ2v) is 7.91. The van der Waals surface area contributed by atoms with Crippen LogP contribution in [0.5, 0.6) is 0 Å². The van der Waals surface area contributed by atoms with Gasteiger partial charge in [0.1, 0.15) is 5.82 Å². The summed E-state index contributed by atoms with van der Waals surface area (Å²) in [6.45, 7) is 6.02. The molecule has 1 saturated heterocycles. The Morgan fingerprint density at radius 1 is 1.15 bits per heavy atom. The Kier molecular flexibility index (Phi) is 7.05. The van der Waals surface area contributed by atoms with E-state index in [9.17, 15) is 13.6 Å². The van der Waals surface area contributed by atoms with Crippen molar-refractivity contribution in [2.75, 3.05) is 37.6 Å².